The van der Waals surface area contributed by atoms with E-state index >= 15 is 0 Å². The number of hydrogen-bond acceptors (Lipinski definition) is 2. The van der Waals surface area contributed by atoms with Gasteiger partial charge in [-0.2, -0.15) is 0 Å². The van der Waals surface area contributed by atoms with Crippen molar-refractivity contribution in [1.29, 1.82) is 0 Å². The van der Waals surface area contributed by atoms with Gasteiger partial charge in [-0.1, -0.05) is 38.5 Å². The molecule has 0 amide bonds. The van der Waals surface area contributed by atoms with E-state index in [-0.39, 0.29) is 0 Å². The fourth-order valence-corrected chi connectivity index (χ4v) is 2.26. The van der Waals surface area contributed by atoms with Gasteiger partial charge in [-0.05, 0) is 35.6 Å². The van der Waals surface area contributed by atoms with E-state index in [1.165, 1.54) is 28.7 Å². The van der Waals surface area contributed by atoms with Crippen molar-refractivity contribution in [2.75, 3.05) is 0 Å². The summed E-state index contributed by atoms with van der Waals surface area (Å²) in [5.74, 6) is 0.348. The monoisotopic (exact) mass is 240 g/mol. The highest BCUT2D eigenvalue weighted by atomic mass is 14.8. The van der Waals surface area contributed by atoms with Crippen molar-refractivity contribution in [1.82, 2.24) is 9.97 Å². The first-order valence-electron chi connectivity index (χ1n) is 6.56. The molecule has 0 saturated carbocycles. The lowest BCUT2D eigenvalue weighted by Crippen LogP contribution is -1.99. The fraction of sp³-hybridized carbons (Fsp3) is 0.375. The number of aromatic nitrogens is 2. The summed E-state index contributed by atoms with van der Waals surface area (Å²) in [4.78, 5) is 8.18. The van der Waals surface area contributed by atoms with Crippen LogP contribution in [0.4, 0.5) is 0 Å². The minimum atomic E-state index is 0.348. The number of rotatable bonds is 4. The number of benzene rings is 1. The third kappa shape index (κ3) is 2.76. The third-order valence-electron chi connectivity index (χ3n) is 3.47. The van der Waals surface area contributed by atoms with Crippen LogP contribution < -0.4 is 0 Å². The normalized spacial score (nSPS) is 12.4. The molecule has 0 spiro atoms. The zero-order valence-electron chi connectivity index (χ0n) is 11.4. The van der Waals surface area contributed by atoms with Gasteiger partial charge in [0.05, 0.1) is 0 Å². The van der Waals surface area contributed by atoms with Gasteiger partial charge in [-0.25, -0.2) is 9.97 Å². The van der Waals surface area contributed by atoms with E-state index in [4.69, 9.17) is 0 Å². The van der Waals surface area contributed by atoms with Gasteiger partial charge in [0.2, 0.25) is 0 Å². The summed E-state index contributed by atoms with van der Waals surface area (Å²) in [6.07, 6.45) is 7.73. The summed E-state index contributed by atoms with van der Waals surface area (Å²) >= 11 is 0. The maximum atomic E-state index is 4.09. The van der Waals surface area contributed by atoms with Crippen molar-refractivity contribution >= 4 is 0 Å². The van der Waals surface area contributed by atoms with Gasteiger partial charge < -0.3 is 0 Å². The Bertz CT molecular complexity index is 506. The highest BCUT2D eigenvalue weighted by Gasteiger charge is 2.10. The molecule has 0 aliphatic rings. The average molecular weight is 240 g/mol. The van der Waals surface area contributed by atoms with Crippen LogP contribution >= 0.6 is 0 Å². The first kappa shape index (κ1) is 12.7. The zero-order valence-corrected chi connectivity index (χ0v) is 11.4. The molecule has 1 heterocycles. The maximum absolute atomic E-state index is 4.09. The van der Waals surface area contributed by atoms with Gasteiger partial charge in [0.15, 0.2) is 0 Å². The Kier molecular flexibility index (Phi) is 4.08. The Labute approximate surface area is 109 Å². The SMILES string of the molecule is CCCc1ccc(C(C)c2cncnc2)cc1C. The van der Waals surface area contributed by atoms with Crippen LogP contribution in [-0.4, -0.2) is 9.97 Å². The first-order chi connectivity index (χ1) is 8.72. The summed E-state index contributed by atoms with van der Waals surface area (Å²) in [5.41, 5.74) is 5.35. The van der Waals surface area contributed by atoms with Crippen molar-refractivity contribution < 1.29 is 0 Å². The molecule has 2 nitrogen and oxygen atoms in total. The number of hydrogen-bond donors (Lipinski definition) is 0. The Morgan fingerprint density at radius 3 is 2.44 bits per heavy atom. The van der Waals surface area contributed by atoms with Crippen LogP contribution in [0.2, 0.25) is 0 Å². The van der Waals surface area contributed by atoms with Gasteiger partial charge in [-0.3, -0.25) is 0 Å². The summed E-state index contributed by atoms with van der Waals surface area (Å²) in [7, 11) is 0. The molecule has 94 valence electrons. The maximum Gasteiger partial charge on any atom is 0.115 e. The summed E-state index contributed by atoms with van der Waals surface area (Å²) in [6.45, 7) is 6.62. The minimum Gasteiger partial charge on any atom is -0.245 e. The molecule has 1 aromatic heterocycles. The van der Waals surface area contributed by atoms with Gasteiger partial charge in [-0.15, -0.1) is 0 Å². The highest BCUT2D eigenvalue weighted by molar-refractivity contribution is 5.36. The van der Waals surface area contributed by atoms with Crippen LogP contribution in [0, 0.1) is 6.92 Å². The summed E-state index contributed by atoms with van der Waals surface area (Å²) in [6, 6.07) is 6.78. The molecule has 2 rings (SSSR count). The molecule has 18 heavy (non-hydrogen) atoms. The molecule has 0 saturated heterocycles. The van der Waals surface area contributed by atoms with Crippen LogP contribution in [0.5, 0.6) is 0 Å². The molecule has 0 bridgehead atoms. The van der Waals surface area contributed by atoms with E-state index in [9.17, 15) is 0 Å². The molecule has 2 heteroatoms. The second kappa shape index (κ2) is 5.76. The molecule has 0 aliphatic heterocycles. The number of aryl methyl sites for hydroxylation is 2. The van der Waals surface area contributed by atoms with Gasteiger partial charge in [0.25, 0.3) is 0 Å². The van der Waals surface area contributed by atoms with Crippen LogP contribution in [0.3, 0.4) is 0 Å². The Hall–Kier alpha value is -1.70. The molecular weight excluding hydrogens is 220 g/mol. The standard InChI is InChI=1S/C16H20N2/c1-4-5-14-6-7-15(8-12(14)2)13(3)16-9-17-11-18-10-16/h6-11,13H,4-5H2,1-3H3. The van der Waals surface area contributed by atoms with E-state index in [1.54, 1.807) is 6.33 Å². The number of nitrogens with zero attached hydrogens (tertiary/aromatic N) is 2. The highest BCUT2D eigenvalue weighted by Crippen LogP contribution is 2.25. The van der Waals surface area contributed by atoms with Crippen molar-refractivity contribution in [2.45, 2.75) is 39.5 Å². The predicted molar refractivity (Wildman–Crippen MR) is 74.7 cm³/mol. The topological polar surface area (TPSA) is 25.8 Å². The Morgan fingerprint density at radius 1 is 1.11 bits per heavy atom. The summed E-state index contributed by atoms with van der Waals surface area (Å²) in [5, 5.41) is 0. The van der Waals surface area contributed by atoms with Crippen molar-refractivity contribution in [3.8, 4) is 0 Å². The second-order valence-corrected chi connectivity index (χ2v) is 4.83. The fourth-order valence-electron chi connectivity index (χ4n) is 2.26. The molecule has 0 N–H and O–H groups in total. The molecule has 0 fully saturated rings. The largest absolute Gasteiger partial charge is 0.245 e. The quantitative estimate of drug-likeness (QED) is 0.810. The van der Waals surface area contributed by atoms with Crippen LogP contribution in [0.25, 0.3) is 0 Å². The predicted octanol–water partition coefficient (Wildman–Crippen LogP) is 3.89. The van der Waals surface area contributed by atoms with Crippen LogP contribution in [0.1, 0.15) is 48.4 Å². The van der Waals surface area contributed by atoms with E-state index in [1.807, 2.05) is 12.4 Å². The third-order valence-corrected chi connectivity index (χ3v) is 3.47. The first-order valence-corrected chi connectivity index (χ1v) is 6.56. The smallest absolute Gasteiger partial charge is 0.115 e. The lowest BCUT2D eigenvalue weighted by Gasteiger charge is -2.14. The Morgan fingerprint density at radius 2 is 1.83 bits per heavy atom. The van der Waals surface area contributed by atoms with Crippen LogP contribution in [0.15, 0.2) is 36.9 Å². The van der Waals surface area contributed by atoms with Gasteiger partial charge in [0, 0.05) is 18.3 Å². The molecule has 2 aromatic rings. The van der Waals surface area contributed by atoms with E-state index in [2.05, 4.69) is 48.9 Å². The van der Waals surface area contributed by atoms with E-state index in [0.29, 0.717) is 5.92 Å². The van der Waals surface area contributed by atoms with Gasteiger partial charge >= 0.3 is 0 Å². The zero-order chi connectivity index (χ0) is 13.0. The van der Waals surface area contributed by atoms with Crippen molar-refractivity contribution in [3.05, 3.63) is 59.2 Å². The minimum absolute atomic E-state index is 0.348. The Balaban J connectivity index is 2.26. The molecule has 0 aliphatic carbocycles. The van der Waals surface area contributed by atoms with E-state index < -0.39 is 0 Å². The van der Waals surface area contributed by atoms with E-state index in [0.717, 1.165) is 6.42 Å². The average Bonchev–Trinajstić information content (AvgIpc) is 2.41. The van der Waals surface area contributed by atoms with Crippen molar-refractivity contribution in [3.63, 3.8) is 0 Å². The lowest BCUT2D eigenvalue weighted by atomic mass is 9.91. The van der Waals surface area contributed by atoms with Gasteiger partial charge in [0.1, 0.15) is 6.33 Å². The summed E-state index contributed by atoms with van der Waals surface area (Å²) < 4.78 is 0. The second-order valence-electron chi connectivity index (χ2n) is 4.83. The van der Waals surface area contributed by atoms with Crippen molar-refractivity contribution in [2.24, 2.45) is 0 Å². The molecule has 1 atom stereocenters. The lowest BCUT2D eigenvalue weighted by molar-refractivity contribution is 0.879. The molecular formula is C16H20N2. The van der Waals surface area contributed by atoms with Crippen LogP contribution in [-0.2, 0) is 6.42 Å². The molecule has 1 aromatic carbocycles. The molecule has 1 unspecified atom stereocenters. The molecule has 0 radical (unpaired) electrons.